The van der Waals surface area contributed by atoms with Crippen molar-refractivity contribution >= 4 is 39.7 Å². The van der Waals surface area contributed by atoms with Gasteiger partial charge in [-0.1, -0.05) is 15.9 Å². The fourth-order valence-corrected chi connectivity index (χ4v) is 2.25. The third kappa shape index (κ3) is 21.5. The lowest BCUT2D eigenvalue weighted by Gasteiger charge is -2.19. The van der Waals surface area contributed by atoms with Gasteiger partial charge < -0.3 is 20.1 Å². The van der Waals surface area contributed by atoms with E-state index < -0.39 is 35.1 Å². The number of hydrogen-bond donors (Lipinski definition) is 2. The van der Waals surface area contributed by atoms with Gasteiger partial charge in [-0.05, 0) is 67.5 Å². The van der Waals surface area contributed by atoms with Crippen LogP contribution in [-0.4, -0.2) is 53.4 Å². The van der Waals surface area contributed by atoms with Gasteiger partial charge in [0.1, 0.15) is 28.6 Å². The first-order valence-corrected chi connectivity index (χ1v) is 11.7. The number of alkyl halides is 1. The molecule has 0 bridgehead atoms. The van der Waals surface area contributed by atoms with Gasteiger partial charge in [-0.25, -0.2) is 18.4 Å². The Hall–Kier alpha value is -2.30. The molecule has 0 saturated heterocycles. The van der Waals surface area contributed by atoms with E-state index >= 15 is 0 Å². The van der Waals surface area contributed by atoms with Crippen LogP contribution in [0.2, 0.25) is 0 Å². The highest BCUT2D eigenvalue weighted by molar-refractivity contribution is 9.09. The Kier molecular flexibility index (Phi) is 16.3. The Labute approximate surface area is 209 Å². The average Bonchev–Trinajstić information content (AvgIpc) is 2.63. The quantitative estimate of drug-likeness (QED) is 0.295. The molecule has 0 spiro atoms. The zero-order chi connectivity index (χ0) is 27.1. The molecule has 0 heterocycles. The van der Waals surface area contributed by atoms with Crippen molar-refractivity contribution in [2.45, 2.75) is 73.0 Å². The number of allylic oxidation sites excluding steroid dienone is 2. The number of halogens is 3. The number of alkyl carbamates (subject to hydrolysis) is 2. The maximum atomic E-state index is 13.5. The monoisotopic (exact) mass is 554 g/mol. The molecule has 0 aliphatic rings. The van der Waals surface area contributed by atoms with Gasteiger partial charge in [0.15, 0.2) is 0 Å². The third-order valence-corrected chi connectivity index (χ3v) is 3.98. The number of carbonyl (C=O) groups is 4. The van der Waals surface area contributed by atoms with Gasteiger partial charge in [0.25, 0.3) is 0 Å². The molecule has 2 N–H and O–H groups in total. The van der Waals surface area contributed by atoms with Crippen molar-refractivity contribution in [2.75, 3.05) is 18.4 Å². The summed E-state index contributed by atoms with van der Waals surface area (Å²) >= 11 is 2.94. The summed E-state index contributed by atoms with van der Waals surface area (Å²) in [4.78, 5) is 44.6. The Morgan fingerprint density at radius 2 is 1.15 bits per heavy atom. The Bertz CT molecular complexity index is 742. The van der Waals surface area contributed by atoms with E-state index in [1.807, 2.05) is 0 Å². The van der Waals surface area contributed by atoms with Crippen LogP contribution in [-0.2, 0) is 19.1 Å². The third-order valence-electron chi connectivity index (χ3n) is 3.45. The Morgan fingerprint density at radius 1 is 0.794 bits per heavy atom. The molecule has 0 unspecified atom stereocenters. The van der Waals surface area contributed by atoms with Crippen molar-refractivity contribution in [3.8, 4) is 0 Å². The molecule has 11 heteroatoms. The van der Waals surface area contributed by atoms with Crippen LogP contribution in [0.15, 0.2) is 23.8 Å². The molecule has 0 radical (unpaired) electrons. The minimum atomic E-state index is -0.965. The minimum absolute atomic E-state index is 0.0662. The number of Topliss-reactive ketones (excluding diaryl/α,β-unsaturated/α-hetero) is 2. The molecule has 0 aromatic heterocycles. The van der Waals surface area contributed by atoms with Crippen LogP contribution in [0.3, 0.4) is 0 Å². The zero-order valence-electron chi connectivity index (χ0n) is 21.1. The van der Waals surface area contributed by atoms with Crippen LogP contribution < -0.4 is 10.6 Å². The molecule has 0 atom stereocenters. The number of nitrogens with one attached hydrogen (secondary N) is 2. The molecular formula is C23H37BrF2N2O6. The largest absolute Gasteiger partial charge is 0.444 e. The molecular weight excluding hydrogens is 518 g/mol. The van der Waals surface area contributed by atoms with Crippen LogP contribution in [0, 0.1) is 5.92 Å². The normalized spacial score (nSPS) is 12.4. The van der Waals surface area contributed by atoms with Crippen LogP contribution in [0.1, 0.15) is 61.8 Å². The Balaban J connectivity index is 0. The SMILES string of the molecule is CC(=O)C(C/C(F)=C/CNC(=O)OC(C)(C)C)C(C)=O.CC(C)(C)OC(=O)NC/C=C(\F)CBr. The second-order valence-corrected chi connectivity index (χ2v) is 9.74. The summed E-state index contributed by atoms with van der Waals surface area (Å²) in [7, 11) is 0. The van der Waals surface area contributed by atoms with Gasteiger partial charge in [0.2, 0.25) is 0 Å². The molecule has 0 aromatic rings. The minimum Gasteiger partial charge on any atom is -0.444 e. The van der Waals surface area contributed by atoms with E-state index in [1.54, 1.807) is 41.5 Å². The van der Waals surface area contributed by atoms with Crippen LogP contribution in [0.4, 0.5) is 18.4 Å². The average molecular weight is 555 g/mol. The van der Waals surface area contributed by atoms with Crippen LogP contribution >= 0.6 is 15.9 Å². The molecule has 0 aliphatic carbocycles. The van der Waals surface area contributed by atoms with E-state index in [0.29, 0.717) is 0 Å². The lowest BCUT2D eigenvalue weighted by atomic mass is 9.96. The number of hydrogen-bond acceptors (Lipinski definition) is 6. The first-order chi connectivity index (χ1) is 15.4. The first kappa shape index (κ1) is 33.9. The van der Waals surface area contributed by atoms with Crippen molar-refractivity contribution in [3.05, 3.63) is 23.8 Å². The summed E-state index contributed by atoms with van der Waals surface area (Å²) in [6.07, 6.45) is 0.912. The second-order valence-electron chi connectivity index (χ2n) is 9.18. The van der Waals surface area contributed by atoms with Gasteiger partial charge >= 0.3 is 12.2 Å². The predicted molar refractivity (Wildman–Crippen MR) is 130 cm³/mol. The zero-order valence-corrected chi connectivity index (χ0v) is 22.7. The molecule has 2 amide bonds. The van der Waals surface area contributed by atoms with E-state index in [2.05, 4.69) is 26.6 Å². The molecule has 0 aromatic carbocycles. The van der Waals surface area contributed by atoms with Gasteiger partial charge in [0, 0.05) is 19.5 Å². The van der Waals surface area contributed by atoms with Gasteiger partial charge in [-0.3, -0.25) is 9.59 Å². The molecule has 0 saturated carbocycles. The highest BCUT2D eigenvalue weighted by Gasteiger charge is 2.21. The highest BCUT2D eigenvalue weighted by atomic mass is 79.9. The van der Waals surface area contributed by atoms with Crippen molar-refractivity contribution in [2.24, 2.45) is 5.92 Å². The maximum Gasteiger partial charge on any atom is 0.407 e. The lowest BCUT2D eigenvalue weighted by Crippen LogP contribution is -2.32. The standard InChI is InChI=1S/C14H22FNO4.C9H15BrFNO2/c1-9(17)12(10(2)18)8-11(15)6-7-16-13(19)20-14(3,4)5;1-9(2,3)14-8(13)12-5-4-7(11)6-10/h6,12H,7-8H2,1-5H3,(H,16,19);4H,5-6H2,1-3H3,(H,12,13)/b11-6-;7-4-. The topological polar surface area (TPSA) is 111 Å². The lowest BCUT2D eigenvalue weighted by molar-refractivity contribution is -0.130. The maximum absolute atomic E-state index is 13.5. The molecule has 0 rings (SSSR count). The van der Waals surface area contributed by atoms with Crippen molar-refractivity contribution in [1.29, 1.82) is 0 Å². The van der Waals surface area contributed by atoms with E-state index in [1.165, 1.54) is 19.9 Å². The first-order valence-electron chi connectivity index (χ1n) is 10.6. The summed E-state index contributed by atoms with van der Waals surface area (Å²) in [5.41, 5.74) is -1.15. The van der Waals surface area contributed by atoms with E-state index in [4.69, 9.17) is 9.47 Å². The van der Waals surface area contributed by atoms with Crippen LogP contribution in [0.25, 0.3) is 0 Å². The number of ether oxygens (including phenoxy) is 2. The number of ketones is 2. The summed E-state index contributed by atoms with van der Waals surface area (Å²) in [6, 6.07) is 0. The van der Waals surface area contributed by atoms with Gasteiger partial charge in [-0.15, -0.1) is 0 Å². The molecule has 0 fully saturated rings. The smallest absolute Gasteiger partial charge is 0.407 e. The van der Waals surface area contributed by atoms with E-state index in [-0.39, 0.29) is 42.2 Å². The van der Waals surface area contributed by atoms with E-state index in [9.17, 15) is 28.0 Å². The summed E-state index contributed by atoms with van der Waals surface area (Å²) in [5.74, 6) is -2.65. The van der Waals surface area contributed by atoms with Gasteiger partial charge in [0.05, 0.1) is 17.1 Å². The summed E-state index contributed by atoms with van der Waals surface area (Å²) in [6.45, 7) is 13.0. The van der Waals surface area contributed by atoms with E-state index in [0.717, 1.165) is 6.08 Å². The number of carbonyl (C=O) groups excluding carboxylic acids is 4. The molecule has 8 nitrogen and oxygen atoms in total. The predicted octanol–water partition coefficient (Wildman–Crippen LogP) is 5.31. The highest BCUT2D eigenvalue weighted by Crippen LogP contribution is 2.15. The molecule has 196 valence electrons. The summed E-state index contributed by atoms with van der Waals surface area (Å²) < 4.78 is 36.0. The number of amides is 2. The van der Waals surface area contributed by atoms with Crippen LogP contribution in [0.5, 0.6) is 0 Å². The Morgan fingerprint density at radius 3 is 1.44 bits per heavy atom. The van der Waals surface area contributed by atoms with Crippen molar-refractivity contribution < 1.29 is 37.4 Å². The molecule has 0 aliphatic heterocycles. The second kappa shape index (κ2) is 16.3. The number of rotatable bonds is 9. The van der Waals surface area contributed by atoms with Gasteiger partial charge in [-0.2, -0.15) is 0 Å². The molecule has 34 heavy (non-hydrogen) atoms. The fraction of sp³-hybridized carbons (Fsp3) is 0.652. The van der Waals surface area contributed by atoms with Crippen molar-refractivity contribution in [1.82, 2.24) is 10.6 Å². The summed E-state index contributed by atoms with van der Waals surface area (Å²) in [5, 5.41) is 4.92. The fourth-order valence-electron chi connectivity index (χ4n) is 2.03. The van der Waals surface area contributed by atoms with Crippen molar-refractivity contribution in [3.63, 3.8) is 0 Å².